The number of carbonyl (C=O) groups is 1. The van der Waals surface area contributed by atoms with Gasteiger partial charge in [-0.15, -0.1) is 0 Å². The second-order valence-electron chi connectivity index (χ2n) is 6.56. The lowest BCUT2D eigenvalue weighted by atomic mass is 9.89. The molecule has 0 bridgehead atoms. The normalized spacial score (nSPS) is 16.9. The third-order valence-electron chi connectivity index (χ3n) is 4.08. The van der Waals surface area contributed by atoms with E-state index in [0.29, 0.717) is 29.1 Å². The number of piperidine rings is 1. The second-order valence-corrected chi connectivity index (χ2v) is 7.37. The van der Waals surface area contributed by atoms with Crippen molar-refractivity contribution in [2.75, 3.05) is 13.1 Å². The van der Waals surface area contributed by atoms with Gasteiger partial charge in [-0.1, -0.05) is 23.2 Å². The molecule has 22 heavy (non-hydrogen) atoms. The Bertz CT molecular complexity index is 562. The lowest BCUT2D eigenvalue weighted by Gasteiger charge is -2.35. The van der Waals surface area contributed by atoms with Gasteiger partial charge in [0.2, 0.25) is 5.91 Å². The van der Waals surface area contributed by atoms with Crippen LogP contribution in [0.25, 0.3) is 0 Å². The van der Waals surface area contributed by atoms with E-state index in [1.54, 1.807) is 19.9 Å². The molecule has 4 nitrogen and oxygen atoms in total. The molecule has 2 rings (SSSR count). The number of likely N-dealkylation sites (tertiary alicyclic amines) is 1. The van der Waals surface area contributed by atoms with Crippen molar-refractivity contribution in [2.45, 2.75) is 38.6 Å². The molecule has 0 radical (unpaired) electrons. The van der Waals surface area contributed by atoms with Crippen LogP contribution in [0.1, 0.15) is 32.3 Å². The first-order valence-electron chi connectivity index (χ1n) is 7.43. The second kappa shape index (κ2) is 6.65. The van der Waals surface area contributed by atoms with Crippen LogP contribution in [0, 0.1) is 5.92 Å². The fraction of sp³-hybridized carbons (Fsp3) is 0.562. The highest BCUT2D eigenvalue weighted by Gasteiger charge is 2.31. The lowest BCUT2D eigenvalue weighted by molar-refractivity contribution is -0.137. The van der Waals surface area contributed by atoms with Crippen LogP contribution in [-0.4, -0.2) is 34.5 Å². The summed E-state index contributed by atoms with van der Waals surface area (Å²) in [5.41, 5.74) is 5.85. The SMILES string of the molecule is CC(C)(N)C(=O)N1CCC(Cc2cc(Cl)c(Cl)cc2O)CC1. The average Bonchev–Trinajstić information content (AvgIpc) is 2.44. The summed E-state index contributed by atoms with van der Waals surface area (Å²) in [5.74, 6) is 0.576. The first kappa shape index (κ1) is 17.4. The van der Waals surface area contributed by atoms with E-state index >= 15 is 0 Å². The maximum Gasteiger partial charge on any atom is 0.242 e. The van der Waals surface area contributed by atoms with Gasteiger partial charge >= 0.3 is 0 Å². The number of halogens is 2. The van der Waals surface area contributed by atoms with E-state index in [4.69, 9.17) is 28.9 Å². The molecule has 0 aromatic heterocycles. The Morgan fingerprint density at radius 2 is 1.86 bits per heavy atom. The molecule has 1 aromatic rings. The molecule has 1 amide bonds. The van der Waals surface area contributed by atoms with E-state index in [-0.39, 0.29) is 11.7 Å². The molecule has 0 spiro atoms. The van der Waals surface area contributed by atoms with Crippen LogP contribution < -0.4 is 5.73 Å². The van der Waals surface area contributed by atoms with Crippen LogP contribution in [0.15, 0.2) is 12.1 Å². The first-order chi connectivity index (χ1) is 10.2. The van der Waals surface area contributed by atoms with Crippen molar-refractivity contribution in [3.8, 4) is 5.75 Å². The predicted molar refractivity (Wildman–Crippen MR) is 89.4 cm³/mol. The van der Waals surface area contributed by atoms with Crippen LogP contribution in [0.2, 0.25) is 10.0 Å². The van der Waals surface area contributed by atoms with Gasteiger partial charge < -0.3 is 15.7 Å². The van der Waals surface area contributed by atoms with E-state index in [2.05, 4.69) is 0 Å². The number of hydrogen-bond donors (Lipinski definition) is 2. The Morgan fingerprint density at radius 3 is 2.41 bits per heavy atom. The number of benzene rings is 1. The number of phenolic OH excluding ortho intramolecular Hbond substituents is 1. The summed E-state index contributed by atoms with van der Waals surface area (Å²) in [6.07, 6.45) is 2.51. The Morgan fingerprint density at radius 1 is 1.32 bits per heavy atom. The number of hydrogen-bond acceptors (Lipinski definition) is 3. The van der Waals surface area contributed by atoms with E-state index in [0.717, 1.165) is 24.8 Å². The molecule has 1 saturated heterocycles. The molecule has 1 heterocycles. The number of amides is 1. The summed E-state index contributed by atoms with van der Waals surface area (Å²) in [7, 11) is 0. The molecular formula is C16H22Cl2N2O2. The third kappa shape index (κ3) is 4.06. The topological polar surface area (TPSA) is 66.6 Å². The van der Waals surface area contributed by atoms with Crippen molar-refractivity contribution in [3.63, 3.8) is 0 Å². The summed E-state index contributed by atoms with van der Waals surface area (Å²) in [4.78, 5) is 14.0. The van der Waals surface area contributed by atoms with Gasteiger partial charge in [0.1, 0.15) is 5.75 Å². The number of carbonyl (C=O) groups excluding carboxylic acids is 1. The van der Waals surface area contributed by atoms with Crippen molar-refractivity contribution in [2.24, 2.45) is 11.7 Å². The minimum atomic E-state index is -0.825. The zero-order valence-corrected chi connectivity index (χ0v) is 14.4. The highest BCUT2D eigenvalue weighted by Crippen LogP contribution is 2.33. The molecule has 1 aliphatic rings. The predicted octanol–water partition coefficient (Wildman–Crippen LogP) is 3.22. The van der Waals surface area contributed by atoms with Gasteiger partial charge in [0.15, 0.2) is 0 Å². The molecule has 0 saturated carbocycles. The highest BCUT2D eigenvalue weighted by molar-refractivity contribution is 6.42. The molecule has 0 atom stereocenters. The smallest absolute Gasteiger partial charge is 0.242 e. The molecule has 0 aliphatic carbocycles. The molecule has 6 heteroatoms. The van der Waals surface area contributed by atoms with E-state index in [9.17, 15) is 9.90 Å². The van der Waals surface area contributed by atoms with Crippen LogP contribution in [-0.2, 0) is 11.2 Å². The largest absolute Gasteiger partial charge is 0.508 e. The molecular weight excluding hydrogens is 323 g/mol. The van der Waals surface area contributed by atoms with Gasteiger partial charge in [-0.25, -0.2) is 0 Å². The average molecular weight is 345 g/mol. The summed E-state index contributed by atoms with van der Waals surface area (Å²) in [5, 5.41) is 10.8. The van der Waals surface area contributed by atoms with Crippen molar-refractivity contribution < 1.29 is 9.90 Å². The fourth-order valence-electron chi connectivity index (χ4n) is 2.80. The minimum absolute atomic E-state index is 0.0108. The summed E-state index contributed by atoms with van der Waals surface area (Å²) >= 11 is 11.9. The van der Waals surface area contributed by atoms with E-state index < -0.39 is 5.54 Å². The Hall–Kier alpha value is -0.970. The molecule has 1 aromatic carbocycles. The van der Waals surface area contributed by atoms with Gasteiger partial charge in [-0.05, 0) is 50.7 Å². The zero-order valence-electron chi connectivity index (χ0n) is 12.9. The number of phenols is 1. The van der Waals surface area contributed by atoms with E-state index in [1.807, 2.05) is 4.90 Å². The minimum Gasteiger partial charge on any atom is -0.508 e. The number of rotatable bonds is 3. The Balaban J connectivity index is 1.96. The zero-order chi connectivity index (χ0) is 16.5. The van der Waals surface area contributed by atoms with Crippen molar-refractivity contribution >= 4 is 29.1 Å². The van der Waals surface area contributed by atoms with Crippen LogP contribution in [0.4, 0.5) is 0 Å². The van der Waals surface area contributed by atoms with Crippen LogP contribution in [0.3, 0.4) is 0 Å². The maximum atomic E-state index is 12.1. The Kier molecular flexibility index (Phi) is 5.25. The van der Waals surface area contributed by atoms with Gasteiger partial charge in [-0.3, -0.25) is 4.79 Å². The molecule has 0 unspecified atom stereocenters. The van der Waals surface area contributed by atoms with Crippen LogP contribution >= 0.6 is 23.2 Å². The summed E-state index contributed by atoms with van der Waals surface area (Å²) < 4.78 is 0. The van der Waals surface area contributed by atoms with Gasteiger partial charge in [0.25, 0.3) is 0 Å². The third-order valence-corrected chi connectivity index (χ3v) is 4.81. The van der Waals surface area contributed by atoms with Gasteiger partial charge in [0.05, 0.1) is 15.6 Å². The number of nitrogens with zero attached hydrogens (tertiary/aromatic N) is 1. The first-order valence-corrected chi connectivity index (χ1v) is 8.19. The number of nitrogens with two attached hydrogens (primary N) is 1. The van der Waals surface area contributed by atoms with Crippen molar-refractivity contribution in [1.82, 2.24) is 4.90 Å². The quantitative estimate of drug-likeness (QED) is 0.884. The summed E-state index contributed by atoms with van der Waals surface area (Å²) in [6, 6.07) is 3.20. The lowest BCUT2D eigenvalue weighted by Crippen LogP contribution is -2.53. The van der Waals surface area contributed by atoms with Gasteiger partial charge in [0, 0.05) is 19.2 Å². The molecule has 1 aliphatic heterocycles. The van der Waals surface area contributed by atoms with Crippen molar-refractivity contribution in [3.05, 3.63) is 27.7 Å². The highest BCUT2D eigenvalue weighted by atomic mass is 35.5. The maximum absolute atomic E-state index is 12.1. The fourth-order valence-corrected chi connectivity index (χ4v) is 3.14. The summed E-state index contributed by atoms with van der Waals surface area (Å²) in [6.45, 7) is 4.86. The molecule has 3 N–H and O–H groups in total. The standard InChI is InChI=1S/C16H22Cl2N2O2/c1-16(2,19)15(22)20-5-3-10(4-6-20)7-11-8-12(17)13(18)9-14(11)21/h8-10,21H,3-7,19H2,1-2H3. The number of aromatic hydroxyl groups is 1. The molecule has 122 valence electrons. The van der Waals surface area contributed by atoms with Gasteiger partial charge in [-0.2, -0.15) is 0 Å². The monoisotopic (exact) mass is 344 g/mol. The van der Waals surface area contributed by atoms with E-state index in [1.165, 1.54) is 6.07 Å². The van der Waals surface area contributed by atoms with Crippen LogP contribution in [0.5, 0.6) is 5.75 Å². The molecule has 1 fully saturated rings. The Labute approximate surface area is 141 Å². The van der Waals surface area contributed by atoms with Crippen molar-refractivity contribution in [1.29, 1.82) is 0 Å².